The molecule has 3 aromatic rings. The smallest absolute Gasteiger partial charge is 0.228 e. The van der Waals surface area contributed by atoms with Crippen LogP contribution >= 0.6 is 0 Å². The Morgan fingerprint density at radius 3 is 2.56 bits per heavy atom. The first kappa shape index (κ1) is 22.9. The number of carbonyl (C=O) groups excluding carboxylic acids is 2. The zero-order chi connectivity index (χ0) is 24.2. The van der Waals surface area contributed by atoms with Gasteiger partial charge in [-0.1, -0.05) is 55.5 Å². The second-order valence-corrected chi connectivity index (χ2v) is 8.65. The van der Waals surface area contributed by atoms with Gasteiger partial charge in [-0.25, -0.2) is 0 Å². The van der Waals surface area contributed by atoms with Crippen LogP contribution in [0.2, 0.25) is 0 Å². The maximum atomic E-state index is 13.6. The number of amides is 1. The van der Waals surface area contributed by atoms with Gasteiger partial charge in [-0.15, -0.1) is 0 Å². The minimum absolute atomic E-state index is 0.0257. The van der Waals surface area contributed by atoms with Crippen LogP contribution in [0.3, 0.4) is 0 Å². The van der Waals surface area contributed by atoms with Crippen LogP contribution in [0.5, 0.6) is 0 Å². The van der Waals surface area contributed by atoms with Gasteiger partial charge in [0.1, 0.15) is 11.7 Å². The second-order valence-electron chi connectivity index (χ2n) is 8.65. The van der Waals surface area contributed by atoms with E-state index in [1.165, 1.54) is 4.90 Å². The van der Waals surface area contributed by atoms with E-state index in [1.807, 2.05) is 67.6 Å². The van der Waals surface area contributed by atoms with Crippen LogP contribution in [0.1, 0.15) is 47.9 Å². The van der Waals surface area contributed by atoms with Crippen molar-refractivity contribution in [3.8, 4) is 12.1 Å². The minimum Gasteiger partial charge on any atom is -0.298 e. The summed E-state index contributed by atoms with van der Waals surface area (Å²) in [4.78, 5) is 32.7. The van der Waals surface area contributed by atoms with Crippen LogP contribution in [0.15, 0.2) is 67.0 Å². The van der Waals surface area contributed by atoms with Gasteiger partial charge in [-0.05, 0) is 41.5 Å². The molecule has 0 radical (unpaired) electrons. The summed E-state index contributed by atoms with van der Waals surface area (Å²) in [5, 5.41) is 21.1. The highest BCUT2D eigenvalue weighted by molar-refractivity contribution is 6.07. The minimum atomic E-state index is -0.733. The first-order valence-corrected chi connectivity index (χ1v) is 11.2. The molecule has 1 aliphatic rings. The van der Waals surface area contributed by atoms with Crippen molar-refractivity contribution in [3.63, 3.8) is 0 Å². The summed E-state index contributed by atoms with van der Waals surface area (Å²) in [5.74, 6) is -2.27. The van der Waals surface area contributed by atoms with Crippen LogP contribution < -0.4 is 0 Å². The van der Waals surface area contributed by atoms with Gasteiger partial charge < -0.3 is 0 Å². The average Bonchev–Trinajstić information content (AvgIpc) is 2.87. The van der Waals surface area contributed by atoms with Crippen molar-refractivity contribution < 1.29 is 9.59 Å². The number of nitrogens with zero attached hydrogens (tertiary/aromatic N) is 4. The number of aromatic nitrogens is 1. The van der Waals surface area contributed by atoms with Gasteiger partial charge in [0.25, 0.3) is 0 Å². The summed E-state index contributed by atoms with van der Waals surface area (Å²) in [6, 6.07) is 20.5. The largest absolute Gasteiger partial charge is 0.298 e. The molecule has 0 saturated heterocycles. The molecular formula is C28H24N4O2. The van der Waals surface area contributed by atoms with Crippen molar-refractivity contribution in [2.24, 2.45) is 17.8 Å². The lowest BCUT2D eigenvalue weighted by atomic mass is 9.77. The summed E-state index contributed by atoms with van der Waals surface area (Å²) in [5.41, 5.74) is 1.98. The van der Waals surface area contributed by atoms with Crippen molar-refractivity contribution in [1.29, 1.82) is 10.5 Å². The standard InChI is InChI=1S/C28H24N4O2/c1-18(15-25(33)32-14-12-21-8-3-5-9-22(21)24(32)17-30)26(19(2)16-29)28(34)27-23-10-6-4-7-20(23)11-13-31-27/h3-14,18-19,24,26H,15H2,1-2H3. The predicted molar refractivity (Wildman–Crippen MR) is 129 cm³/mol. The topological polar surface area (TPSA) is 97.8 Å². The number of carbonyl (C=O) groups is 2. The molecule has 2 heterocycles. The van der Waals surface area contributed by atoms with E-state index in [9.17, 15) is 20.1 Å². The third-order valence-corrected chi connectivity index (χ3v) is 6.46. The van der Waals surface area contributed by atoms with Gasteiger partial charge in [0, 0.05) is 30.1 Å². The molecular weight excluding hydrogens is 424 g/mol. The monoisotopic (exact) mass is 448 g/mol. The van der Waals surface area contributed by atoms with Gasteiger partial charge in [0.2, 0.25) is 5.91 Å². The van der Waals surface area contributed by atoms with Gasteiger partial charge >= 0.3 is 0 Å². The molecule has 1 aromatic heterocycles. The normalized spacial score (nSPS) is 17.2. The first-order chi connectivity index (χ1) is 16.5. The van der Waals surface area contributed by atoms with Crippen molar-refractivity contribution >= 4 is 28.5 Å². The maximum Gasteiger partial charge on any atom is 0.228 e. The molecule has 0 aliphatic carbocycles. The van der Waals surface area contributed by atoms with E-state index in [2.05, 4.69) is 17.1 Å². The molecule has 1 aliphatic heterocycles. The first-order valence-electron chi connectivity index (χ1n) is 11.2. The van der Waals surface area contributed by atoms with Crippen LogP contribution in [0, 0.1) is 40.4 Å². The van der Waals surface area contributed by atoms with E-state index >= 15 is 0 Å². The van der Waals surface area contributed by atoms with Crippen LogP contribution in [-0.2, 0) is 4.79 Å². The summed E-state index contributed by atoms with van der Waals surface area (Å²) in [6.07, 6.45) is 5.05. The summed E-state index contributed by atoms with van der Waals surface area (Å²) in [6.45, 7) is 3.51. The Morgan fingerprint density at radius 2 is 1.79 bits per heavy atom. The third-order valence-electron chi connectivity index (χ3n) is 6.46. The van der Waals surface area contributed by atoms with E-state index in [0.717, 1.165) is 21.9 Å². The van der Waals surface area contributed by atoms with Crippen LogP contribution in [-0.4, -0.2) is 21.6 Å². The third kappa shape index (κ3) is 4.19. The van der Waals surface area contributed by atoms with Gasteiger partial charge in [0.05, 0.1) is 18.1 Å². The molecule has 0 spiro atoms. The lowest BCUT2D eigenvalue weighted by Gasteiger charge is -2.31. The Bertz CT molecular complexity index is 1360. The molecule has 34 heavy (non-hydrogen) atoms. The highest BCUT2D eigenvalue weighted by Crippen LogP contribution is 2.34. The number of hydrogen-bond donors (Lipinski definition) is 0. The summed E-state index contributed by atoms with van der Waals surface area (Å²) in [7, 11) is 0. The van der Waals surface area contributed by atoms with E-state index in [0.29, 0.717) is 5.69 Å². The fraction of sp³-hybridized carbons (Fsp3) is 0.250. The molecule has 6 heteroatoms. The summed E-state index contributed by atoms with van der Waals surface area (Å²) >= 11 is 0. The Morgan fingerprint density at radius 1 is 1.06 bits per heavy atom. The lowest BCUT2D eigenvalue weighted by molar-refractivity contribution is -0.131. The average molecular weight is 449 g/mol. The Hall–Kier alpha value is -4.29. The SMILES string of the molecule is CC(C#N)C(C(=O)c1nccc2ccccc12)C(C)CC(=O)N1C=Cc2ccccc2C1C#N. The fourth-order valence-electron chi connectivity index (χ4n) is 4.71. The van der Waals surface area contributed by atoms with Crippen molar-refractivity contribution in [1.82, 2.24) is 9.88 Å². The molecule has 0 N–H and O–H groups in total. The number of nitriles is 2. The van der Waals surface area contributed by atoms with Crippen LogP contribution in [0.25, 0.3) is 16.8 Å². The summed E-state index contributed by atoms with van der Waals surface area (Å²) < 4.78 is 0. The number of fused-ring (bicyclic) bond motifs is 2. The Kier molecular flexibility index (Phi) is 6.52. The number of Topliss-reactive ketones (excluding diaryl/α,β-unsaturated/α-hetero) is 1. The molecule has 4 atom stereocenters. The molecule has 168 valence electrons. The molecule has 1 amide bonds. The maximum absolute atomic E-state index is 13.6. The van der Waals surface area contributed by atoms with Crippen molar-refractivity contribution in [2.45, 2.75) is 26.3 Å². The molecule has 0 fully saturated rings. The number of hydrogen-bond acceptors (Lipinski definition) is 5. The van der Waals surface area contributed by atoms with Gasteiger partial charge in [-0.2, -0.15) is 10.5 Å². The van der Waals surface area contributed by atoms with Crippen LogP contribution in [0.4, 0.5) is 0 Å². The molecule has 2 aromatic carbocycles. The van der Waals surface area contributed by atoms with E-state index in [4.69, 9.17) is 0 Å². The quantitative estimate of drug-likeness (QED) is 0.477. The van der Waals surface area contributed by atoms with Crippen molar-refractivity contribution in [3.05, 3.63) is 83.8 Å². The van der Waals surface area contributed by atoms with E-state index < -0.39 is 23.8 Å². The highest BCUT2D eigenvalue weighted by Gasteiger charge is 2.36. The lowest BCUT2D eigenvalue weighted by Crippen LogP contribution is -2.36. The highest BCUT2D eigenvalue weighted by atomic mass is 16.2. The molecule has 0 bridgehead atoms. The number of ketones is 1. The molecule has 0 saturated carbocycles. The Balaban J connectivity index is 1.61. The molecule has 6 nitrogen and oxygen atoms in total. The second kappa shape index (κ2) is 9.68. The van der Waals surface area contributed by atoms with Gasteiger partial charge in [0.15, 0.2) is 5.78 Å². The fourth-order valence-corrected chi connectivity index (χ4v) is 4.71. The van der Waals surface area contributed by atoms with E-state index in [-0.39, 0.29) is 18.1 Å². The number of pyridine rings is 1. The number of rotatable bonds is 6. The zero-order valence-corrected chi connectivity index (χ0v) is 19.1. The zero-order valence-electron chi connectivity index (χ0n) is 19.1. The number of benzene rings is 2. The van der Waals surface area contributed by atoms with E-state index in [1.54, 1.807) is 19.3 Å². The predicted octanol–water partition coefficient (Wildman–Crippen LogP) is 5.30. The molecule has 4 unspecified atom stereocenters. The Labute approximate surface area is 198 Å². The van der Waals surface area contributed by atoms with Crippen molar-refractivity contribution in [2.75, 3.05) is 0 Å². The van der Waals surface area contributed by atoms with Gasteiger partial charge in [-0.3, -0.25) is 19.5 Å². The molecule has 4 rings (SSSR count).